The first kappa shape index (κ1) is 24.7. The number of amides is 2. The minimum atomic E-state index is -1.01. The standard InChI is InChI=1S/C26H27NO7S/c1-14-15(2)23-19(16(3)22(14)32-12-21(28)29)9-10-26(4,34-23)13-33-18-7-5-17(6-8-18)11-20-24(30)27-25(31)35-20/h5-8,11H,9-10,12-13H2,1-4H3,(H,28,29)(H,27,30,31). The number of ether oxygens (including phenoxy) is 3. The van der Waals surface area contributed by atoms with Crippen LogP contribution in [0.25, 0.3) is 6.08 Å². The molecule has 4 rings (SSSR count). The Labute approximate surface area is 207 Å². The largest absolute Gasteiger partial charge is 0.489 e. The van der Waals surface area contributed by atoms with Gasteiger partial charge in [-0.1, -0.05) is 12.1 Å². The monoisotopic (exact) mass is 497 g/mol. The van der Waals surface area contributed by atoms with Gasteiger partial charge in [0.25, 0.3) is 11.1 Å². The number of nitrogens with one attached hydrogen (secondary N) is 1. The summed E-state index contributed by atoms with van der Waals surface area (Å²) in [5.41, 5.74) is 4.00. The minimum Gasteiger partial charge on any atom is -0.489 e. The number of fused-ring (bicyclic) bond motifs is 1. The molecule has 9 heteroatoms. The van der Waals surface area contributed by atoms with E-state index in [4.69, 9.17) is 19.3 Å². The van der Waals surface area contributed by atoms with E-state index in [1.165, 1.54) is 0 Å². The number of imide groups is 1. The van der Waals surface area contributed by atoms with Crippen LogP contribution in [0.5, 0.6) is 17.2 Å². The van der Waals surface area contributed by atoms with E-state index in [0.717, 1.165) is 58.2 Å². The summed E-state index contributed by atoms with van der Waals surface area (Å²) in [5, 5.41) is 10.9. The van der Waals surface area contributed by atoms with Gasteiger partial charge in [-0.15, -0.1) is 0 Å². The number of carboxylic acids is 1. The zero-order valence-electron chi connectivity index (χ0n) is 20.0. The molecule has 1 saturated heterocycles. The quantitative estimate of drug-likeness (QED) is 0.536. The van der Waals surface area contributed by atoms with Gasteiger partial charge in [0.1, 0.15) is 29.5 Å². The fourth-order valence-electron chi connectivity index (χ4n) is 4.20. The van der Waals surface area contributed by atoms with Crippen LogP contribution >= 0.6 is 11.8 Å². The maximum atomic E-state index is 11.7. The molecule has 1 unspecified atom stereocenters. The highest BCUT2D eigenvalue weighted by atomic mass is 32.2. The van der Waals surface area contributed by atoms with Gasteiger partial charge in [0.2, 0.25) is 0 Å². The van der Waals surface area contributed by atoms with Gasteiger partial charge in [-0.25, -0.2) is 4.79 Å². The lowest BCUT2D eigenvalue weighted by Gasteiger charge is -2.38. The lowest BCUT2D eigenvalue weighted by molar-refractivity contribution is -0.139. The maximum absolute atomic E-state index is 11.7. The van der Waals surface area contributed by atoms with Gasteiger partial charge in [0.05, 0.1) is 4.91 Å². The van der Waals surface area contributed by atoms with Crippen molar-refractivity contribution >= 4 is 35.0 Å². The first-order chi connectivity index (χ1) is 16.6. The van der Waals surface area contributed by atoms with Crippen molar-refractivity contribution in [1.29, 1.82) is 0 Å². The Hall–Kier alpha value is -3.46. The number of hydrogen-bond acceptors (Lipinski definition) is 7. The van der Waals surface area contributed by atoms with E-state index in [9.17, 15) is 14.4 Å². The smallest absolute Gasteiger partial charge is 0.341 e. The SMILES string of the molecule is Cc1c(C)c2c(c(C)c1OCC(=O)O)CCC(C)(COc1ccc(C=C3SC(=O)NC3=O)cc1)O2. The first-order valence-corrected chi connectivity index (χ1v) is 12.0. The van der Waals surface area contributed by atoms with Gasteiger partial charge in [-0.3, -0.25) is 14.9 Å². The Morgan fingerprint density at radius 2 is 1.86 bits per heavy atom. The average molecular weight is 498 g/mol. The second-order valence-electron chi connectivity index (χ2n) is 8.96. The van der Waals surface area contributed by atoms with E-state index < -0.39 is 11.6 Å². The molecule has 2 N–H and O–H groups in total. The summed E-state index contributed by atoms with van der Waals surface area (Å²) in [5.74, 6) is 0.694. The Morgan fingerprint density at radius 1 is 1.14 bits per heavy atom. The van der Waals surface area contributed by atoms with E-state index in [0.29, 0.717) is 23.0 Å². The lowest BCUT2D eigenvalue weighted by atomic mass is 9.87. The van der Waals surface area contributed by atoms with Crippen LogP contribution in [0.1, 0.15) is 41.2 Å². The number of rotatable bonds is 7. The molecule has 1 fully saturated rings. The van der Waals surface area contributed by atoms with Gasteiger partial charge in [0.15, 0.2) is 6.61 Å². The summed E-state index contributed by atoms with van der Waals surface area (Å²) in [4.78, 5) is 34.4. The second kappa shape index (κ2) is 9.65. The van der Waals surface area contributed by atoms with Crippen molar-refractivity contribution in [3.63, 3.8) is 0 Å². The summed E-state index contributed by atoms with van der Waals surface area (Å²) < 4.78 is 18.1. The van der Waals surface area contributed by atoms with E-state index in [-0.39, 0.29) is 17.8 Å². The van der Waals surface area contributed by atoms with Crippen molar-refractivity contribution in [2.75, 3.05) is 13.2 Å². The molecule has 0 spiro atoms. The van der Waals surface area contributed by atoms with Crippen LogP contribution in [-0.4, -0.2) is 41.0 Å². The Morgan fingerprint density at radius 3 is 2.49 bits per heavy atom. The normalized spacial score (nSPS) is 20.3. The highest BCUT2D eigenvalue weighted by molar-refractivity contribution is 8.18. The predicted octanol–water partition coefficient (Wildman–Crippen LogP) is 4.56. The average Bonchev–Trinajstić information content (AvgIpc) is 3.13. The molecule has 184 valence electrons. The molecule has 0 aliphatic carbocycles. The molecule has 0 aromatic heterocycles. The Kier molecular flexibility index (Phi) is 6.80. The third-order valence-electron chi connectivity index (χ3n) is 6.27. The molecule has 2 heterocycles. The zero-order chi connectivity index (χ0) is 25.3. The second-order valence-corrected chi connectivity index (χ2v) is 9.97. The molecular weight excluding hydrogens is 470 g/mol. The van der Waals surface area contributed by atoms with Crippen LogP contribution in [0.2, 0.25) is 0 Å². The number of hydrogen-bond donors (Lipinski definition) is 2. The number of carboxylic acid groups (broad SMARTS) is 1. The van der Waals surface area contributed by atoms with Crippen LogP contribution in [0.3, 0.4) is 0 Å². The fraction of sp³-hybridized carbons (Fsp3) is 0.346. The molecule has 1 atom stereocenters. The maximum Gasteiger partial charge on any atom is 0.341 e. The molecule has 0 saturated carbocycles. The van der Waals surface area contributed by atoms with Crippen LogP contribution in [0.15, 0.2) is 29.2 Å². The minimum absolute atomic E-state index is 0.342. The van der Waals surface area contributed by atoms with Crippen molar-refractivity contribution in [3.05, 3.63) is 57.0 Å². The summed E-state index contributed by atoms with van der Waals surface area (Å²) in [6.45, 7) is 7.77. The van der Waals surface area contributed by atoms with Crippen LogP contribution in [0.4, 0.5) is 4.79 Å². The predicted molar refractivity (Wildman–Crippen MR) is 132 cm³/mol. The van der Waals surface area contributed by atoms with Gasteiger partial charge >= 0.3 is 5.97 Å². The summed E-state index contributed by atoms with van der Waals surface area (Å²) in [7, 11) is 0. The molecule has 0 radical (unpaired) electrons. The van der Waals surface area contributed by atoms with E-state index in [2.05, 4.69) is 5.32 Å². The first-order valence-electron chi connectivity index (χ1n) is 11.2. The van der Waals surface area contributed by atoms with E-state index in [1.54, 1.807) is 6.08 Å². The van der Waals surface area contributed by atoms with Crippen molar-refractivity contribution in [1.82, 2.24) is 5.32 Å². The van der Waals surface area contributed by atoms with Crippen LogP contribution < -0.4 is 19.5 Å². The highest BCUT2D eigenvalue weighted by Crippen LogP contribution is 2.44. The number of thioether (sulfide) groups is 1. The molecule has 2 aliphatic heterocycles. The Balaban J connectivity index is 1.45. The van der Waals surface area contributed by atoms with Crippen LogP contribution in [0, 0.1) is 20.8 Å². The summed E-state index contributed by atoms with van der Waals surface area (Å²) in [6.07, 6.45) is 3.15. The molecule has 2 amide bonds. The number of carbonyl (C=O) groups is 3. The van der Waals surface area contributed by atoms with Crippen LogP contribution in [-0.2, 0) is 16.0 Å². The summed E-state index contributed by atoms with van der Waals surface area (Å²) >= 11 is 0.883. The number of carbonyl (C=O) groups excluding carboxylic acids is 2. The Bertz CT molecular complexity index is 1240. The number of aliphatic carboxylic acids is 1. The van der Waals surface area contributed by atoms with Gasteiger partial charge in [0, 0.05) is 5.56 Å². The van der Waals surface area contributed by atoms with Gasteiger partial charge in [-0.05, 0) is 92.8 Å². The molecule has 0 bridgehead atoms. The van der Waals surface area contributed by atoms with Gasteiger partial charge in [-0.2, -0.15) is 0 Å². The molecular formula is C26H27NO7S. The van der Waals surface area contributed by atoms with Crippen molar-refractivity contribution < 1.29 is 33.7 Å². The van der Waals surface area contributed by atoms with E-state index >= 15 is 0 Å². The molecule has 2 aliphatic rings. The molecule has 2 aromatic rings. The summed E-state index contributed by atoms with van der Waals surface area (Å²) in [6, 6.07) is 7.29. The molecule has 8 nitrogen and oxygen atoms in total. The van der Waals surface area contributed by atoms with Crippen molar-refractivity contribution in [2.45, 2.75) is 46.1 Å². The van der Waals surface area contributed by atoms with E-state index in [1.807, 2.05) is 52.0 Å². The molecule has 35 heavy (non-hydrogen) atoms. The van der Waals surface area contributed by atoms with Crippen molar-refractivity contribution in [3.8, 4) is 17.2 Å². The fourth-order valence-corrected chi connectivity index (χ4v) is 4.88. The third-order valence-corrected chi connectivity index (χ3v) is 7.08. The topological polar surface area (TPSA) is 111 Å². The van der Waals surface area contributed by atoms with Crippen molar-refractivity contribution in [2.24, 2.45) is 0 Å². The lowest BCUT2D eigenvalue weighted by Crippen LogP contribution is -2.42. The van der Waals surface area contributed by atoms with Gasteiger partial charge < -0.3 is 19.3 Å². The highest BCUT2D eigenvalue weighted by Gasteiger charge is 2.35. The number of benzene rings is 2. The third kappa shape index (κ3) is 5.30. The zero-order valence-corrected chi connectivity index (χ0v) is 20.8. The molecule has 2 aromatic carbocycles.